The van der Waals surface area contributed by atoms with Crippen molar-refractivity contribution in [2.24, 2.45) is 0 Å². The highest BCUT2D eigenvalue weighted by Gasteiger charge is 2.32. The maximum atomic E-state index is 12.0. The zero-order valence-electron chi connectivity index (χ0n) is 13.4. The summed E-state index contributed by atoms with van der Waals surface area (Å²) in [5.74, 6) is -0.957. The molecule has 2 rings (SSSR count). The molecule has 0 spiro atoms. The Morgan fingerprint density at radius 2 is 2.00 bits per heavy atom. The quantitative estimate of drug-likeness (QED) is 0.662. The van der Waals surface area contributed by atoms with E-state index in [4.69, 9.17) is 32.7 Å². The van der Waals surface area contributed by atoms with Crippen LogP contribution in [0.25, 0.3) is 0 Å². The molecule has 1 amide bonds. The molecule has 0 radical (unpaired) electrons. The van der Waals surface area contributed by atoms with Crippen LogP contribution in [0.15, 0.2) is 18.2 Å². The zero-order chi connectivity index (χ0) is 18.6. The predicted octanol–water partition coefficient (Wildman–Crippen LogP) is 1.56. The van der Waals surface area contributed by atoms with Gasteiger partial charge in [0.25, 0.3) is 5.91 Å². The lowest BCUT2D eigenvalue weighted by Gasteiger charge is -2.23. The van der Waals surface area contributed by atoms with Crippen LogP contribution in [0.4, 0.5) is 0 Å². The van der Waals surface area contributed by atoms with Gasteiger partial charge in [0.2, 0.25) is 0 Å². The number of rotatable bonds is 6. The van der Waals surface area contributed by atoms with Gasteiger partial charge in [0.05, 0.1) is 16.5 Å². The van der Waals surface area contributed by atoms with Crippen LogP contribution in [-0.2, 0) is 24.2 Å². The van der Waals surface area contributed by atoms with Crippen molar-refractivity contribution in [1.29, 1.82) is 0 Å². The number of hydrogen-bond acceptors (Lipinski definition) is 6. The summed E-state index contributed by atoms with van der Waals surface area (Å²) >= 11 is 11.7. The first kappa shape index (κ1) is 19.8. The van der Waals surface area contributed by atoms with Crippen LogP contribution in [0.5, 0.6) is 5.75 Å². The van der Waals surface area contributed by atoms with E-state index >= 15 is 0 Å². The SMILES string of the molecule is CN(C(=O)COC(=O)COc1ccc(Cl)cc1Cl)[C@@H]1CCS(=O)(=O)C1. The van der Waals surface area contributed by atoms with Crippen molar-refractivity contribution in [3.05, 3.63) is 28.2 Å². The highest BCUT2D eigenvalue weighted by molar-refractivity contribution is 7.91. The smallest absolute Gasteiger partial charge is 0.344 e. The highest BCUT2D eigenvalue weighted by Crippen LogP contribution is 2.27. The molecule has 0 aromatic heterocycles. The number of carbonyl (C=O) groups excluding carboxylic acids is 2. The van der Waals surface area contributed by atoms with E-state index in [1.807, 2.05) is 0 Å². The Bertz CT molecular complexity index is 767. The van der Waals surface area contributed by atoms with Crippen molar-refractivity contribution in [2.75, 3.05) is 31.8 Å². The third kappa shape index (κ3) is 5.76. The van der Waals surface area contributed by atoms with Crippen LogP contribution in [0.2, 0.25) is 10.0 Å². The molecule has 138 valence electrons. The first-order valence-electron chi connectivity index (χ1n) is 7.37. The normalized spacial score (nSPS) is 18.6. The molecule has 7 nitrogen and oxygen atoms in total. The van der Waals surface area contributed by atoms with Gasteiger partial charge in [-0.2, -0.15) is 0 Å². The Balaban J connectivity index is 1.76. The Hall–Kier alpha value is -1.51. The molecular weight excluding hydrogens is 393 g/mol. The van der Waals surface area contributed by atoms with E-state index in [0.29, 0.717) is 11.4 Å². The summed E-state index contributed by atoms with van der Waals surface area (Å²) in [6.45, 7) is -0.903. The third-order valence-corrected chi connectivity index (χ3v) is 6.03. The minimum absolute atomic E-state index is 0.0603. The molecule has 1 heterocycles. The summed E-state index contributed by atoms with van der Waals surface area (Å²) in [6.07, 6.45) is 0.386. The van der Waals surface area contributed by atoms with Gasteiger partial charge in [-0.3, -0.25) is 4.79 Å². The summed E-state index contributed by atoms with van der Waals surface area (Å²) in [7, 11) is -1.60. The average Bonchev–Trinajstić information content (AvgIpc) is 2.91. The fourth-order valence-electron chi connectivity index (χ4n) is 2.30. The maximum Gasteiger partial charge on any atom is 0.344 e. The van der Waals surface area contributed by atoms with E-state index in [-0.39, 0.29) is 28.3 Å². The maximum absolute atomic E-state index is 12.0. The standard InChI is InChI=1S/C15H17Cl2NO6S/c1-18(11-4-5-25(21,22)9-11)14(19)7-24-15(20)8-23-13-3-2-10(16)6-12(13)17/h2-3,6,11H,4-5,7-9H2,1H3/t11-/m1/s1. The number of ether oxygens (including phenoxy) is 2. The molecule has 0 saturated carbocycles. The van der Waals surface area contributed by atoms with Crippen LogP contribution in [0, 0.1) is 0 Å². The number of halogens is 2. The Morgan fingerprint density at radius 3 is 2.60 bits per heavy atom. The molecule has 1 aromatic rings. The minimum atomic E-state index is -3.10. The molecule has 1 aliphatic heterocycles. The fourth-order valence-corrected chi connectivity index (χ4v) is 4.54. The van der Waals surface area contributed by atoms with Crippen LogP contribution >= 0.6 is 23.2 Å². The monoisotopic (exact) mass is 409 g/mol. The molecule has 1 saturated heterocycles. The minimum Gasteiger partial charge on any atom is -0.480 e. The molecule has 10 heteroatoms. The number of nitrogens with zero attached hydrogens (tertiary/aromatic N) is 1. The van der Waals surface area contributed by atoms with Gasteiger partial charge in [-0.05, 0) is 24.6 Å². The molecule has 1 aromatic carbocycles. The van der Waals surface area contributed by atoms with Crippen LogP contribution in [0.1, 0.15) is 6.42 Å². The van der Waals surface area contributed by atoms with E-state index in [1.165, 1.54) is 24.1 Å². The summed E-state index contributed by atoms with van der Waals surface area (Å²) < 4.78 is 32.9. The Kier molecular flexibility index (Phi) is 6.53. The lowest BCUT2D eigenvalue weighted by molar-refractivity contribution is -0.153. The van der Waals surface area contributed by atoms with Crippen LogP contribution < -0.4 is 4.74 Å². The second-order valence-electron chi connectivity index (χ2n) is 5.59. The second-order valence-corrected chi connectivity index (χ2v) is 8.66. The highest BCUT2D eigenvalue weighted by atomic mass is 35.5. The van der Waals surface area contributed by atoms with E-state index in [2.05, 4.69) is 0 Å². The Morgan fingerprint density at radius 1 is 1.28 bits per heavy atom. The van der Waals surface area contributed by atoms with Gasteiger partial charge < -0.3 is 14.4 Å². The van der Waals surface area contributed by atoms with Gasteiger partial charge in [0.15, 0.2) is 23.1 Å². The van der Waals surface area contributed by atoms with Crippen molar-refractivity contribution in [3.8, 4) is 5.75 Å². The van der Waals surface area contributed by atoms with Crippen molar-refractivity contribution in [1.82, 2.24) is 4.90 Å². The van der Waals surface area contributed by atoms with E-state index in [0.717, 1.165) is 0 Å². The van der Waals surface area contributed by atoms with Gasteiger partial charge in [-0.1, -0.05) is 23.2 Å². The second kappa shape index (κ2) is 8.25. The van der Waals surface area contributed by atoms with Crippen molar-refractivity contribution >= 4 is 44.9 Å². The predicted molar refractivity (Wildman–Crippen MR) is 92.7 cm³/mol. The van der Waals surface area contributed by atoms with Crippen LogP contribution in [0.3, 0.4) is 0 Å². The first-order valence-corrected chi connectivity index (χ1v) is 9.95. The molecule has 0 N–H and O–H groups in total. The summed E-state index contributed by atoms with van der Waals surface area (Å²) in [5, 5.41) is 0.682. The summed E-state index contributed by atoms with van der Waals surface area (Å²) in [5.41, 5.74) is 0. The van der Waals surface area contributed by atoms with Crippen molar-refractivity contribution < 1.29 is 27.5 Å². The number of carbonyl (C=O) groups is 2. The zero-order valence-corrected chi connectivity index (χ0v) is 15.7. The van der Waals surface area contributed by atoms with Gasteiger partial charge in [0.1, 0.15) is 5.75 Å². The molecule has 25 heavy (non-hydrogen) atoms. The summed E-state index contributed by atoms with van der Waals surface area (Å²) in [4.78, 5) is 25.0. The molecule has 1 aliphatic rings. The van der Waals surface area contributed by atoms with E-state index in [9.17, 15) is 18.0 Å². The van der Waals surface area contributed by atoms with Gasteiger partial charge >= 0.3 is 5.97 Å². The van der Waals surface area contributed by atoms with Crippen LogP contribution in [-0.4, -0.2) is 63.0 Å². The van der Waals surface area contributed by atoms with Gasteiger partial charge in [0, 0.05) is 18.1 Å². The fraction of sp³-hybridized carbons (Fsp3) is 0.467. The average molecular weight is 410 g/mol. The van der Waals surface area contributed by atoms with E-state index < -0.39 is 34.9 Å². The number of likely N-dealkylation sites (N-methyl/N-ethyl adjacent to an activating group) is 1. The molecule has 1 fully saturated rings. The summed E-state index contributed by atoms with van der Waals surface area (Å²) in [6, 6.07) is 4.15. The molecule has 0 bridgehead atoms. The Labute approximate surface area is 155 Å². The van der Waals surface area contributed by atoms with Crippen molar-refractivity contribution in [2.45, 2.75) is 12.5 Å². The molecule has 0 aliphatic carbocycles. The van der Waals surface area contributed by atoms with Gasteiger partial charge in [-0.25, -0.2) is 13.2 Å². The molecular formula is C15H17Cl2NO6S. The topological polar surface area (TPSA) is 90.0 Å². The number of benzene rings is 1. The van der Waals surface area contributed by atoms with E-state index in [1.54, 1.807) is 6.07 Å². The molecule has 0 unspecified atom stereocenters. The number of sulfone groups is 1. The first-order chi connectivity index (χ1) is 11.7. The number of esters is 1. The number of hydrogen-bond donors (Lipinski definition) is 0. The third-order valence-electron chi connectivity index (χ3n) is 3.75. The number of amides is 1. The van der Waals surface area contributed by atoms with Crippen molar-refractivity contribution in [3.63, 3.8) is 0 Å². The lowest BCUT2D eigenvalue weighted by atomic mass is 10.2. The van der Waals surface area contributed by atoms with Gasteiger partial charge in [-0.15, -0.1) is 0 Å². The lowest BCUT2D eigenvalue weighted by Crippen LogP contribution is -2.40. The largest absolute Gasteiger partial charge is 0.480 e. The molecule has 1 atom stereocenters.